The third-order valence-electron chi connectivity index (χ3n) is 5.30. The van der Waals surface area contributed by atoms with Crippen molar-refractivity contribution in [2.45, 2.75) is 38.4 Å². The molecule has 28 heavy (non-hydrogen) atoms. The van der Waals surface area contributed by atoms with E-state index in [4.69, 9.17) is 0 Å². The number of rotatable bonds is 3. The van der Waals surface area contributed by atoms with Crippen LogP contribution in [0.1, 0.15) is 37.0 Å². The standard InChI is InChI=1S/C21H21N3O4/c1-13(2)23-19(27)16-5-3-4-6-17(16)24-18(26)11-12-21(23,24)20(28)22-14-7-9-15(25)10-8-14/h3-10,13,25H,11-12H2,1-2H3,(H,22,28). The molecule has 1 atom stereocenters. The molecule has 144 valence electrons. The summed E-state index contributed by atoms with van der Waals surface area (Å²) in [7, 11) is 0. The number of aromatic hydroxyl groups is 1. The molecule has 3 amide bonds. The number of carbonyl (C=O) groups excluding carboxylic acids is 3. The lowest BCUT2D eigenvalue weighted by Gasteiger charge is -2.50. The van der Waals surface area contributed by atoms with E-state index in [0.717, 1.165) is 0 Å². The number of amides is 3. The first-order valence-electron chi connectivity index (χ1n) is 9.22. The molecule has 2 aliphatic rings. The molecular weight excluding hydrogens is 358 g/mol. The number of para-hydroxylation sites is 1. The number of carbonyl (C=O) groups is 3. The highest BCUT2D eigenvalue weighted by atomic mass is 16.3. The van der Waals surface area contributed by atoms with Crippen molar-refractivity contribution in [1.29, 1.82) is 0 Å². The number of hydrogen-bond donors (Lipinski definition) is 2. The van der Waals surface area contributed by atoms with Crippen molar-refractivity contribution < 1.29 is 19.5 Å². The average molecular weight is 379 g/mol. The predicted molar refractivity (Wildman–Crippen MR) is 104 cm³/mol. The van der Waals surface area contributed by atoms with Gasteiger partial charge < -0.3 is 15.3 Å². The number of benzene rings is 2. The van der Waals surface area contributed by atoms with Crippen LogP contribution >= 0.6 is 0 Å². The third kappa shape index (κ3) is 2.46. The van der Waals surface area contributed by atoms with E-state index < -0.39 is 11.6 Å². The van der Waals surface area contributed by atoms with Gasteiger partial charge in [-0.3, -0.25) is 19.3 Å². The fourth-order valence-corrected chi connectivity index (χ4v) is 4.18. The lowest BCUT2D eigenvalue weighted by atomic mass is 9.94. The molecule has 0 aliphatic carbocycles. The van der Waals surface area contributed by atoms with Gasteiger partial charge >= 0.3 is 0 Å². The van der Waals surface area contributed by atoms with Gasteiger partial charge in [-0.1, -0.05) is 12.1 Å². The molecule has 0 radical (unpaired) electrons. The van der Waals surface area contributed by atoms with Crippen molar-refractivity contribution in [2.24, 2.45) is 0 Å². The van der Waals surface area contributed by atoms with Gasteiger partial charge in [-0.15, -0.1) is 0 Å². The van der Waals surface area contributed by atoms with Gasteiger partial charge in [0.15, 0.2) is 0 Å². The smallest absolute Gasteiger partial charge is 0.271 e. The maximum absolute atomic E-state index is 13.5. The molecular formula is C21H21N3O4. The Labute approximate surface area is 162 Å². The van der Waals surface area contributed by atoms with Crippen LogP contribution in [0.3, 0.4) is 0 Å². The molecule has 2 aromatic rings. The third-order valence-corrected chi connectivity index (χ3v) is 5.30. The molecule has 7 heteroatoms. The first kappa shape index (κ1) is 18.0. The van der Waals surface area contributed by atoms with E-state index in [2.05, 4.69) is 5.32 Å². The highest BCUT2D eigenvalue weighted by molar-refractivity contribution is 6.18. The Balaban J connectivity index is 1.85. The van der Waals surface area contributed by atoms with Gasteiger partial charge in [-0.05, 0) is 50.2 Å². The van der Waals surface area contributed by atoms with E-state index in [1.165, 1.54) is 21.9 Å². The van der Waals surface area contributed by atoms with Crippen LogP contribution in [-0.2, 0) is 9.59 Å². The number of phenols is 1. The SMILES string of the molecule is CC(C)N1C(=O)c2ccccc2N2C(=O)CCC21C(=O)Nc1ccc(O)cc1. The summed E-state index contributed by atoms with van der Waals surface area (Å²) in [6, 6.07) is 12.7. The Kier molecular flexibility index (Phi) is 4.10. The normalized spacial score (nSPS) is 21.0. The van der Waals surface area contributed by atoms with Crippen LogP contribution in [0.2, 0.25) is 0 Å². The maximum Gasteiger partial charge on any atom is 0.271 e. The molecule has 1 unspecified atom stereocenters. The fraction of sp³-hybridized carbons (Fsp3) is 0.286. The summed E-state index contributed by atoms with van der Waals surface area (Å²) >= 11 is 0. The van der Waals surface area contributed by atoms with Crippen molar-refractivity contribution in [3.05, 3.63) is 54.1 Å². The topological polar surface area (TPSA) is 90.0 Å². The first-order valence-corrected chi connectivity index (χ1v) is 9.22. The van der Waals surface area contributed by atoms with Crippen LogP contribution in [-0.4, -0.2) is 39.4 Å². The van der Waals surface area contributed by atoms with Gasteiger partial charge in [0.25, 0.3) is 11.8 Å². The second kappa shape index (κ2) is 6.37. The summed E-state index contributed by atoms with van der Waals surface area (Å²) in [5.74, 6) is -0.816. The van der Waals surface area contributed by atoms with E-state index in [9.17, 15) is 19.5 Å². The Bertz CT molecular complexity index is 970. The summed E-state index contributed by atoms with van der Waals surface area (Å²) in [6.45, 7) is 3.67. The van der Waals surface area contributed by atoms with E-state index >= 15 is 0 Å². The van der Waals surface area contributed by atoms with Crippen LogP contribution in [0.15, 0.2) is 48.5 Å². The van der Waals surface area contributed by atoms with Gasteiger partial charge in [0.1, 0.15) is 5.75 Å². The summed E-state index contributed by atoms with van der Waals surface area (Å²) in [4.78, 5) is 42.6. The molecule has 0 spiro atoms. The minimum Gasteiger partial charge on any atom is -0.508 e. The van der Waals surface area contributed by atoms with Crippen molar-refractivity contribution in [2.75, 3.05) is 10.2 Å². The van der Waals surface area contributed by atoms with Gasteiger partial charge in [0.05, 0.1) is 11.3 Å². The summed E-state index contributed by atoms with van der Waals surface area (Å²) in [6.07, 6.45) is 0.391. The Morgan fingerprint density at radius 1 is 1.11 bits per heavy atom. The predicted octanol–water partition coefficient (Wildman–Crippen LogP) is 2.72. The summed E-state index contributed by atoms with van der Waals surface area (Å²) in [5.41, 5.74) is -0.0621. The van der Waals surface area contributed by atoms with Gasteiger partial charge in [-0.25, -0.2) is 0 Å². The zero-order valence-electron chi connectivity index (χ0n) is 15.7. The average Bonchev–Trinajstić information content (AvgIpc) is 3.02. The summed E-state index contributed by atoms with van der Waals surface area (Å²) in [5, 5.41) is 12.3. The Morgan fingerprint density at radius 2 is 1.79 bits per heavy atom. The molecule has 7 nitrogen and oxygen atoms in total. The van der Waals surface area contributed by atoms with Crippen molar-refractivity contribution in [1.82, 2.24) is 4.90 Å². The zero-order valence-corrected chi connectivity index (χ0v) is 15.7. The lowest BCUT2D eigenvalue weighted by Crippen LogP contribution is -2.70. The fourth-order valence-electron chi connectivity index (χ4n) is 4.18. The van der Waals surface area contributed by atoms with Crippen LogP contribution in [0, 0.1) is 0 Å². The molecule has 2 aromatic carbocycles. The van der Waals surface area contributed by atoms with E-state index in [0.29, 0.717) is 16.9 Å². The molecule has 1 fully saturated rings. The lowest BCUT2D eigenvalue weighted by molar-refractivity contribution is -0.129. The monoisotopic (exact) mass is 379 g/mol. The molecule has 4 rings (SSSR count). The quantitative estimate of drug-likeness (QED) is 0.803. The van der Waals surface area contributed by atoms with Crippen LogP contribution in [0.25, 0.3) is 0 Å². The minimum atomic E-state index is -1.42. The number of anilines is 2. The molecule has 0 bridgehead atoms. The number of nitrogens with zero attached hydrogens (tertiary/aromatic N) is 2. The largest absolute Gasteiger partial charge is 0.508 e. The molecule has 0 aromatic heterocycles. The highest BCUT2D eigenvalue weighted by Gasteiger charge is 2.61. The van der Waals surface area contributed by atoms with E-state index in [1.54, 1.807) is 36.4 Å². The van der Waals surface area contributed by atoms with Crippen molar-refractivity contribution in [3.8, 4) is 5.75 Å². The number of fused-ring (bicyclic) bond motifs is 3. The van der Waals surface area contributed by atoms with Crippen LogP contribution in [0.5, 0.6) is 5.75 Å². The van der Waals surface area contributed by atoms with Crippen LogP contribution in [0.4, 0.5) is 11.4 Å². The van der Waals surface area contributed by atoms with E-state index in [-0.39, 0.29) is 36.4 Å². The van der Waals surface area contributed by atoms with Gasteiger partial charge in [0.2, 0.25) is 11.6 Å². The Hall–Kier alpha value is -3.35. The summed E-state index contributed by atoms with van der Waals surface area (Å²) < 4.78 is 0. The van der Waals surface area contributed by atoms with E-state index in [1.807, 2.05) is 13.8 Å². The molecule has 2 aliphatic heterocycles. The second-order valence-electron chi connectivity index (χ2n) is 7.33. The van der Waals surface area contributed by atoms with Crippen molar-refractivity contribution in [3.63, 3.8) is 0 Å². The van der Waals surface area contributed by atoms with Crippen molar-refractivity contribution >= 4 is 29.1 Å². The number of phenolic OH excluding ortho intramolecular Hbond substituents is 1. The molecule has 2 N–H and O–H groups in total. The number of hydrogen-bond acceptors (Lipinski definition) is 4. The highest BCUT2D eigenvalue weighted by Crippen LogP contribution is 2.45. The Morgan fingerprint density at radius 3 is 2.46 bits per heavy atom. The maximum atomic E-state index is 13.5. The number of nitrogens with one attached hydrogen (secondary N) is 1. The first-order chi connectivity index (χ1) is 13.4. The van der Waals surface area contributed by atoms with Gasteiger partial charge in [0, 0.05) is 24.6 Å². The minimum absolute atomic E-state index is 0.0828. The molecule has 2 heterocycles. The second-order valence-corrected chi connectivity index (χ2v) is 7.33. The van der Waals surface area contributed by atoms with Gasteiger partial charge in [-0.2, -0.15) is 0 Å². The van der Waals surface area contributed by atoms with Crippen LogP contribution < -0.4 is 10.2 Å². The molecule has 0 saturated carbocycles. The molecule has 1 saturated heterocycles. The zero-order chi connectivity index (χ0) is 20.1.